The van der Waals surface area contributed by atoms with Crippen molar-refractivity contribution in [1.82, 2.24) is 10.2 Å². The lowest BCUT2D eigenvalue weighted by molar-refractivity contribution is 0.560. The molecule has 1 atom stereocenters. The van der Waals surface area contributed by atoms with Crippen LogP contribution in [0.15, 0.2) is 0 Å². The first-order valence-electron chi connectivity index (χ1n) is 5.46. The van der Waals surface area contributed by atoms with Crippen LogP contribution < -0.4 is 10.2 Å². The Kier molecular flexibility index (Phi) is 6.76. The third-order valence-corrected chi connectivity index (χ3v) is 7.71. The van der Waals surface area contributed by atoms with Gasteiger partial charge in [0, 0.05) is 6.04 Å². The van der Waals surface area contributed by atoms with Crippen molar-refractivity contribution in [2.24, 2.45) is 0 Å². The van der Waals surface area contributed by atoms with Gasteiger partial charge in [0.1, 0.15) is 0 Å². The van der Waals surface area contributed by atoms with Gasteiger partial charge >= 0.3 is 0 Å². The quantitative estimate of drug-likeness (QED) is 0.549. The molecule has 0 bridgehead atoms. The van der Waals surface area contributed by atoms with Crippen molar-refractivity contribution in [3.05, 3.63) is 0 Å². The Labute approximate surface area is 99.4 Å². The van der Waals surface area contributed by atoms with E-state index in [4.69, 9.17) is 0 Å². The van der Waals surface area contributed by atoms with Gasteiger partial charge in [0.25, 0.3) is 6.65 Å². The second kappa shape index (κ2) is 6.45. The molecule has 0 rings (SSSR count). The molecule has 0 aliphatic carbocycles. The highest BCUT2D eigenvalue weighted by atomic mass is 32.7. The minimum Gasteiger partial charge on any atom is -0.277 e. The first-order valence-corrected chi connectivity index (χ1v) is 12.5. The highest BCUT2D eigenvalue weighted by Gasteiger charge is 2.25. The van der Waals surface area contributed by atoms with Gasteiger partial charge in [0.15, 0.2) is 0 Å². The molecule has 0 aliphatic heterocycles. The van der Waals surface area contributed by atoms with Crippen LogP contribution in [0.4, 0.5) is 0 Å². The fraction of sp³-hybridized carbons (Fsp3) is 1.00. The van der Waals surface area contributed by atoms with E-state index in [-0.39, 0.29) is 6.04 Å². The van der Waals surface area contributed by atoms with E-state index in [1.807, 2.05) is 20.8 Å². The van der Waals surface area contributed by atoms with Crippen molar-refractivity contribution < 1.29 is 4.57 Å². The van der Waals surface area contributed by atoms with Gasteiger partial charge in [0.05, 0.1) is 8.07 Å². The molecule has 0 heterocycles. The van der Waals surface area contributed by atoms with E-state index in [1.54, 1.807) is 0 Å². The second-order valence-electron chi connectivity index (χ2n) is 5.15. The van der Waals surface area contributed by atoms with Crippen LogP contribution in [0.3, 0.4) is 0 Å². The molecule has 1 unspecified atom stereocenters. The average molecular weight is 268 g/mol. The van der Waals surface area contributed by atoms with Crippen LogP contribution in [0, 0.1) is 0 Å². The molecule has 0 saturated carbocycles. The molecule has 0 spiro atoms. The van der Waals surface area contributed by atoms with E-state index in [0.717, 1.165) is 11.9 Å². The van der Waals surface area contributed by atoms with E-state index in [2.05, 4.69) is 29.8 Å². The summed E-state index contributed by atoms with van der Waals surface area (Å²) in [7, 11) is -1.18. The van der Waals surface area contributed by atoms with E-state index < -0.39 is 14.7 Å². The van der Waals surface area contributed by atoms with Gasteiger partial charge in [-0.05, 0) is 25.8 Å². The van der Waals surface area contributed by atoms with E-state index in [1.165, 1.54) is 11.4 Å². The zero-order valence-corrected chi connectivity index (χ0v) is 13.5. The minimum atomic E-state index is -2.42. The predicted molar refractivity (Wildman–Crippen MR) is 75.4 cm³/mol. The van der Waals surface area contributed by atoms with E-state index in [9.17, 15) is 4.57 Å². The van der Waals surface area contributed by atoms with Gasteiger partial charge in [-0.25, -0.2) is 10.2 Å². The topological polar surface area (TPSA) is 41.1 Å². The predicted octanol–water partition coefficient (Wildman–Crippen LogP) is 3.31. The normalized spacial score (nSPS) is 16.7. The molecule has 0 radical (unpaired) electrons. The van der Waals surface area contributed by atoms with Crippen molar-refractivity contribution in [1.29, 1.82) is 0 Å². The molecule has 6 heteroatoms. The van der Waals surface area contributed by atoms with Crippen LogP contribution in [0.25, 0.3) is 0 Å². The largest absolute Gasteiger partial charge is 0.277 e. The molecule has 0 aromatic rings. The summed E-state index contributed by atoms with van der Waals surface area (Å²) >= 11 is 1.50. The molecule has 0 saturated heterocycles. The third kappa shape index (κ3) is 8.52. The Morgan fingerprint density at radius 1 is 1.33 bits per heavy atom. The Morgan fingerprint density at radius 3 is 2.20 bits per heavy atom. The maximum atomic E-state index is 12.4. The molecule has 15 heavy (non-hydrogen) atoms. The van der Waals surface area contributed by atoms with Crippen LogP contribution >= 0.6 is 18.0 Å². The average Bonchev–Trinajstić information content (AvgIpc) is 1.99. The van der Waals surface area contributed by atoms with E-state index in [0.29, 0.717) is 0 Å². The number of rotatable bonds is 7. The highest BCUT2D eigenvalue weighted by Crippen LogP contribution is 2.51. The van der Waals surface area contributed by atoms with Crippen LogP contribution in [0.5, 0.6) is 0 Å². The van der Waals surface area contributed by atoms with Crippen LogP contribution in [-0.2, 0) is 4.57 Å². The molecule has 2 N–H and O–H groups in total. The van der Waals surface area contributed by atoms with Crippen molar-refractivity contribution in [3.63, 3.8) is 0 Å². The minimum absolute atomic E-state index is 0.254. The first-order chi connectivity index (χ1) is 6.68. The van der Waals surface area contributed by atoms with Crippen LogP contribution in [-0.4, -0.2) is 26.0 Å². The monoisotopic (exact) mass is 268 g/mol. The van der Waals surface area contributed by atoms with Crippen molar-refractivity contribution in [3.8, 4) is 0 Å². The molecule has 92 valence electrons. The zero-order chi connectivity index (χ0) is 12.1. The van der Waals surface area contributed by atoms with E-state index >= 15 is 0 Å². The summed E-state index contributed by atoms with van der Waals surface area (Å²) < 4.78 is 12.4. The third-order valence-electron chi connectivity index (χ3n) is 1.56. The van der Waals surface area contributed by atoms with Crippen molar-refractivity contribution in [2.75, 3.05) is 11.9 Å². The van der Waals surface area contributed by atoms with Crippen LogP contribution in [0.2, 0.25) is 19.6 Å². The van der Waals surface area contributed by atoms with Gasteiger partial charge in [-0.15, -0.1) is 0 Å². The molecule has 3 nitrogen and oxygen atoms in total. The number of hydrogen-bond donors (Lipinski definition) is 2. The molecule has 0 fully saturated rings. The molecular formula is C9H25N2OPSSi. The summed E-state index contributed by atoms with van der Waals surface area (Å²) in [6.07, 6.45) is 0.900. The van der Waals surface area contributed by atoms with Crippen molar-refractivity contribution >= 4 is 26.1 Å². The fourth-order valence-corrected chi connectivity index (χ4v) is 7.82. The highest BCUT2D eigenvalue weighted by molar-refractivity contribution is 8.56. The summed E-state index contributed by atoms with van der Waals surface area (Å²) in [5.41, 5.74) is 0. The number of hydrogen-bond acceptors (Lipinski definition) is 2. The summed E-state index contributed by atoms with van der Waals surface area (Å²) in [4.78, 5) is 0. The first kappa shape index (κ1) is 15.7. The van der Waals surface area contributed by atoms with Gasteiger partial charge in [-0.1, -0.05) is 37.9 Å². The summed E-state index contributed by atoms with van der Waals surface area (Å²) in [6, 6.07) is 0.254. The molecule has 0 aromatic carbocycles. The lowest BCUT2D eigenvalue weighted by Gasteiger charge is -2.25. The van der Waals surface area contributed by atoms with Crippen molar-refractivity contribution in [2.45, 2.75) is 46.5 Å². The molecule has 0 aliphatic rings. The molecule has 0 amide bonds. The van der Waals surface area contributed by atoms with Gasteiger partial charge in [0.2, 0.25) is 0 Å². The maximum Gasteiger partial charge on any atom is 0.266 e. The SMILES string of the molecule is CCSP(=O)(NC[Si](C)(C)C)NC(C)C. The second-order valence-corrected chi connectivity index (χ2v) is 15.5. The van der Waals surface area contributed by atoms with Gasteiger partial charge < -0.3 is 0 Å². The maximum absolute atomic E-state index is 12.4. The Balaban J connectivity index is 4.32. The summed E-state index contributed by atoms with van der Waals surface area (Å²) in [5, 5.41) is 6.40. The summed E-state index contributed by atoms with van der Waals surface area (Å²) in [5.74, 6) is 0.871. The Hall–Kier alpha value is 0.717. The lowest BCUT2D eigenvalue weighted by Crippen LogP contribution is -2.38. The van der Waals surface area contributed by atoms with Crippen LogP contribution in [0.1, 0.15) is 20.8 Å². The zero-order valence-electron chi connectivity index (χ0n) is 10.8. The Bertz CT molecular complexity index is 231. The standard InChI is InChI=1S/C9H25N2OPSSi/c1-7-14-13(12,11-9(2)3)10-8-15(4,5)6/h9H,7-8H2,1-6H3,(H2,10,11,12). The molecule has 0 aromatic heterocycles. The summed E-state index contributed by atoms with van der Waals surface area (Å²) in [6.45, 7) is 10.5. The van der Waals surface area contributed by atoms with Gasteiger partial charge in [-0.3, -0.25) is 4.57 Å². The lowest BCUT2D eigenvalue weighted by atomic mass is 10.4. The van der Waals surface area contributed by atoms with Gasteiger partial charge in [-0.2, -0.15) is 0 Å². The fourth-order valence-electron chi connectivity index (χ4n) is 0.992. The smallest absolute Gasteiger partial charge is 0.266 e. The Morgan fingerprint density at radius 2 is 1.87 bits per heavy atom. The molecular weight excluding hydrogens is 243 g/mol. The number of nitrogens with one attached hydrogen (secondary N) is 2.